The van der Waals surface area contributed by atoms with Crippen LogP contribution in [0.3, 0.4) is 0 Å². The van der Waals surface area contributed by atoms with Gasteiger partial charge in [-0.3, -0.25) is 0 Å². The van der Waals surface area contributed by atoms with Crippen LogP contribution in [0, 0.1) is 0 Å². The van der Waals surface area contributed by atoms with Crippen molar-refractivity contribution in [3.05, 3.63) is 48.2 Å². The van der Waals surface area contributed by atoms with Gasteiger partial charge in [-0.05, 0) is 30.7 Å². The molecule has 0 spiro atoms. The Kier molecular flexibility index (Phi) is 3.79. The summed E-state index contributed by atoms with van der Waals surface area (Å²) in [4.78, 5) is 4.10. The van der Waals surface area contributed by atoms with E-state index in [1.807, 2.05) is 18.2 Å². The zero-order valence-electron chi connectivity index (χ0n) is 10.3. The normalized spacial score (nSPS) is 11.9. The maximum Gasteiger partial charge on any atom is 0.219 e. The number of aliphatic hydroxyl groups excluding tert-OH is 1. The Bertz CT molecular complexity index is 526. The van der Waals surface area contributed by atoms with E-state index in [0.717, 1.165) is 5.56 Å². The molecular formula is C14H15NO3. The Hall–Kier alpha value is -2.07. The fraction of sp³-hybridized carbons (Fsp3) is 0.214. The van der Waals surface area contributed by atoms with E-state index in [-0.39, 0.29) is 0 Å². The summed E-state index contributed by atoms with van der Waals surface area (Å²) in [6.45, 7) is 1.70. The number of methoxy groups -OCH3 is 1. The van der Waals surface area contributed by atoms with Crippen molar-refractivity contribution in [1.29, 1.82) is 0 Å². The first-order valence-corrected chi connectivity index (χ1v) is 5.65. The SMILES string of the molecule is COc1ccccc1Oc1cc([C@@H](C)O)ccn1. The molecule has 4 nitrogen and oxygen atoms in total. The van der Waals surface area contributed by atoms with E-state index < -0.39 is 6.10 Å². The van der Waals surface area contributed by atoms with Crippen molar-refractivity contribution in [2.24, 2.45) is 0 Å². The predicted molar refractivity (Wildman–Crippen MR) is 67.9 cm³/mol. The number of nitrogens with zero attached hydrogens (tertiary/aromatic N) is 1. The van der Waals surface area contributed by atoms with E-state index in [1.54, 1.807) is 38.4 Å². The highest BCUT2D eigenvalue weighted by Gasteiger charge is 2.07. The largest absolute Gasteiger partial charge is 0.493 e. The minimum absolute atomic E-state index is 0.429. The summed E-state index contributed by atoms with van der Waals surface area (Å²) < 4.78 is 10.8. The fourth-order valence-corrected chi connectivity index (χ4v) is 1.56. The van der Waals surface area contributed by atoms with Crippen molar-refractivity contribution < 1.29 is 14.6 Å². The lowest BCUT2D eigenvalue weighted by atomic mass is 10.2. The molecule has 0 saturated heterocycles. The third-order valence-electron chi connectivity index (χ3n) is 2.52. The quantitative estimate of drug-likeness (QED) is 0.899. The number of rotatable bonds is 4. The molecule has 1 atom stereocenters. The second kappa shape index (κ2) is 5.51. The highest BCUT2D eigenvalue weighted by atomic mass is 16.5. The Balaban J connectivity index is 2.25. The van der Waals surface area contributed by atoms with Gasteiger partial charge in [0.15, 0.2) is 11.5 Å². The average molecular weight is 245 g/mol. The van der Waals surface area contributed by atoms with Gasteiger partial charge in [0.2, 0.25) is 5.88 Å². The van der Waals surface area contributed by atoms with Crippen molar-refractivity contribution in [2.75, 3.05) is 7.11 Å². The summed E-state index contributed by atoms with van der Waals surface area (Å²) in [7, 11) is 1.59. The monoisotopic (exact) mass is 245 g/mol. The number of benzene rings is 1. The highest BCUT2D eigenvalue weighted by molar-refractivity contribution is 5.41. The maximum atomic E-state index is 9.51. The van der Waals surface area contributed by atoms with Crippen LogP contribution in [-0.4, -0.2) is 17.2 Å². The molecule has 0 aliphatic rings. The maximum absolute atomic E-state index is 9.51. The molecule has 1 aromatic carbocycles. The second-order valence-corrected chi connectivity index (χ2v) is 3.86. The number of para-hydroxylation sites is 2. The molecule has 1 N–H and O–H groups in total. The van der Waals surface area contributed by atoms with Crippen molar-refractivity contribution >= 4 is 0 Å². The van der Waals surface area contributed by atoms with Gasteiger partial charge >= 0.3 is 0 Å². The summed E-state index contributed by atoms with van der Waals surface area (Å²) in [6, 6.07) is 10.8. The third-order valence-corrected chi connectivity index (χ3v) is 2.52. The lowest BCUT2D eigenvalue weighted by Crippen LogP contribution is -1.95. The molecule has 0 unspecified atom stereocenters. The van der Waals surface area contributed by atoms with E-state index in [2.05, 4.69) is 4.98 Å². The Morgan fingerprint density at radius 3 is 2.56 bits per heavy atom. The van der Waals surface area contributed by atoms with Crippen LogP contribution in [0.25, 0.3) is 0 Å². The number of aliphatic hydroxyl groups is 1. The predicted octanol–water partition coefficient (Wildman–Crippen LogP) is 2.94. The van der Waals surface area contributed by atoms with E-state index >= 15 is 0 Å². The van der Waals surface area contributed by atoms with Crippen LogP contribution in [-0.2, 0) is 0 Å². The summed E-state index contributed by atoms with van der Waals surface area (Å²) in [5, 5.41) is 9.51. The molecule has 0 aliphatic heterocycles. The molecule has 2 aromatic rings. The molecule has 2 rings (SSSR count). The smallest absolute Gasteiger partial charge is 0.219 e. The Morgan fingerprint density at radius 2 is 1.89 bits per heavy atom. The first kappa shape index (κ1) is 12.4. The van der Waals surface area contributed by atoms with Crippen LogP contribution < -0.4 is 9.47 Å². The molecule has 0 aliphatic carbocycles. The van der Waals surface area contributed by atoms with Crippen LogP contribution in [0.4, 0.5) is 0 Å². The minimum Gasteiger partial charge on any atom is -0.493 e. The highest BCUT2D eigenvalue weighted by Crippen LogP contribution is 2.30. The van der Waals surface area contributed by atoms with Crippen molar-refractivity contribution in [2.45, 2.75) is 13.0 Å². The third kappa shape index (κ3) is 2.78. The van der Waals surface area contributed by atoms with Crippen molar-refractivity contribution in [3.63, 3.8) is 0 Å². The lowest BCUT2D eigenvalue weighted by molar-refractivity contribution is 0.198. The van der Waals surface area contributed by atoms with Crippen LogP contribution in [0.2, 0.25) is 0 Å². The molecule has 94 valence electrons. The molecule has 0 saturated carbocycles. The van der Waals surface area contributed by atoms with Crippen LogP contribution in [0.15, 0.2) is 42.6 Å². The van der Waals surface area contributed by atoms with Gasteiger partial charge < -0.3 is 14.6 Å². The molecule has 18 heavy (non-hydrogen) atoms. The van der Waals surface area contributed by atoms with E-state index in [1.165, 1.54) is 0 Å². The van der Waals surface area contributed by atoms with E-state index in [4.69, 9.17) is 9.47 Å². The molecule has 4 heteroatoms. The van der Waals surface area contributed by atoms with Gasteiger partial charge in [-0.1, -0.05) is 12.1 Å². The Morgan fingerprint density at radius 1 is 1.17 bits per heavy atom. The number of pyridine rings is 1. The first-order valence-electron chi connectivity index (χ1n) is 5.65. The zero-order valence-corrected chi connectivity index (χ0v) is 10.3. The summed E-state index contributed by atoms with van der Waals surface area (Å²) >= 11 is 0. The first-order chi connectivity index (χ1) is 8.70. The number of hydrogen-bond acceptors (Lipinski definition) is 4. The van der Waals surface area contributed by atoms with Gasteiger partial charge in [-0.2, -0.15) is 0 Å². The molecule has 0 amide bonds. The van der Waals surface area contributed by atoms with Gasteiger partial charge in [-0.25, -0.2) is 4.98 Å². The summed E-state index contributed by atoms with van der Waals surface area (Å²) in [6.07, 6.45) is 1.06. The van der Waals surface area contributed by atoms with Gasteiger partial charge in [0, 0.05) is 12.3 Å². The molecular weight excluding hydrogens is 230 g/mol. The standard InChI is InChI=1S/C14H15NO3/c1-10(16)11-7-8-15-14(9-11)18-13-6-4-3-5-12(13)17-2/h3-10,16H,1-2H3/t10-/m1/s1. The van der Waals surface area contributed by atoms with Crippen LogP contribution >= 0.6 is 0 Å². The van der Waals surface area contributed by atoms with Gasteiger partial charge in [-0.15, -0.1) is 0 Å². The minimum atomic E-state index is -0.548. The van der Waals surface area contributed by atoms with Gasteiger partial charge in [0.1, 0.15) is 0 Å². The zero-order chi connectivity index (χ0) is 13.0. The number of aromatic nitrogens is 1. The van der Waals surface area contributed by atoms with Crippen molar-refractivity contribution in [3.8, 4) is 17.4 Å². The molecule has 0 bridgehead atoms. The van der Waals surface area contributed by atoms with Gasteiger partial charge in [0.05, 0.1) is 13.2 Å². The topological polar surface area (TPSA) is 51.6 Å². The fourth-order valence-electron chi connectivity index (χ4n) is 1.56. The summed E-state index contributed by atoms with van der Waals surface area (Å²) in [5.41, 5.74) is 0.759. The van der Waals surface area contributed by atoms with Gasteiger partial charge in [0.25, 0.3) is 0 Å². The molecule has 0 fully saturated rings. The molecule has 1 heterocycles. The van der Waals surface area contributed by atoms with Crippen molar-refractivity contribution in [1.82, 2.24) is 4.98 Å². The molecule has 0 radical (unpaired) electrons. The molecule has 1 aromatic heterocycles. The average Bonchev–Trinajstić information content (AvgIpc) is 2.39. The second-order valence-electron chi connectivity index (χ2n) is 3.86. The van der Waals surface area contributed by atoms with Crippen LogP contribution in [0.5, 0.6) is 17.4 Å². The Labute approximate surface area is 106 Å². The lowest BCUT2D eigenvalue weighted by Gasteiger charge is -2.10. The van der Waals surface area contributed by atoms with Crippen LogP contribution in [0.1, 0.15) is 18.6 Å². The number of hydrogen-bond donors (Lipinski definition) is 1. The van der Waals surface area contributed by atoms with E-state index in [9.17, 15) is 5.11 Å². The van der Waals surface area contributed by atoms with E-state index in [0.29, 0.717) is 17.4 Å². The number of ether oxygens (including phenoxy) is 2. The summed E-state index contributed by atoms with van der Waals surface area (Å²) in [5.74, 6) is 1.66.